The summed E-state index contributed by atoms with van der Waals surface area (Å²) < 4.78 is 1.57. The Bertz CT molecular complexity index is 1280. The van der Waals surface area contributed by atoms with Crippen molar-refractivity contribution in [3.8, 4) is 0 Å². The van der Waals surface area contributed by atoms with Gasteiger partial charge in [0.05, 0.1) is 11.4 Å². The molecule has 0 unspecified atom stereocenters. The zero-order chi connectivity index (χ0) is 22.8. The molecule has 1 heterocycles. The number of halogens is 3. The minimum Gasteiger partial charge on any atom is -0.350 e. The molecule has 3 aromatic rings. The number of anilines is 3. The number of carbonyl (C=O) groups is 3. The Balaban J connectivity index is 1.55. The number of benzene rings is 3. The maximum Gasteiger partial charge on any atom is 0.283 e. The highest BCUT2D eigenvalue weighted by molar-refractivity contribution is 9.10. The van der Waals surface area contributed by atoms with E-state index in [1.54, 1.807) is 54.6 Å². The van der Waals surface area contributed by atoms with Gasteiger partial charge in [-0.15, -0.1) is 0 Å². The van der Waals surface area contributed by atoms with Gasteiger partial charge in [-0.05, 0) is 70.5 Å². The minimum absolute atomic E-state index is 0.0528. The Morgan fingerprint density at radius 2 is 1.59 bits per heavy atom. The van der Waals surface area contributed by atoms with Crippen LogP contribution in [0.25, 0.3) is 0 Å². The van der Waals surface area contributed by atoms with Gasteiger partial charge in [-0.25, -0.2) is 4.90 Å². The van der Waals surface area contributed by atoms with Gasteiger partial charge in [-0.3, -0.25) is 14.4 Å². The number of rotatable bonds is 5. The fourth-order valence-electron chi connectivity index (χ4n) is 3.08. The molecule has 6 nitrogen and oxygen atoms in total. The number of para-hydroxylation sites is 1. The zero-order valence-corrected chi connectivity index (χ0v) is 20.2. The number of nitrogens with one attached hydrogen (secondary N) is 2. The first-order chi connectivity index (χ1) is 15.3. The van der Waals surface area contributed by atoms with Crippen molar-refractivity contribution in [1.82, 2.24) is 0 Å². The Morgan fingerprint density at radius 1 is 0.875 bits per heavy atom. The number of amides is 3. The molecule has 0 radical (unpaired) electrons. The van der Waals surface area contributed by atoms with Crippen LogP contribution in [-0.2, 0) is 9.59 Å². The van der Waals surface area contributed by atoms with E-state index in [9.17, 15) is 14.4 Å². The van der Waals surface area contributed by atoms with Crippen LogP contribution < -0.4 is 15.5 Å². The standard InChI is InChI=1S/C23H14Br2ClN3O3/c24-14-8-10-16(11-9-14)29-22(31)19(26)20(23(29)32)27-15-5-3-4-13(12-15)21(30)28-18-7-2-1-6-17(18)25/h1-12,27H,(H,28,30). The summed E-state index contributed by atoms with van der Waals surface area (Å²) in [5.41, 5.74) is 1.78. The van der Waals surface area contributed by atoms with E-state index in [1.807, 2.05) is 18.2 Å². The quantitative estimate of drug-likeness (QED) is 0.372. The molecule has 0 bridgehead atoms. The average molecular weight is 576 g/mol. The van der Waals surface area contributed by atoms with Crippen LogP contribution in [0.5, 0.6) is 0 Å². The van der Waals surface area contributed by atoms with Crippen LogP contribution in [0, 0.1) is 0 Å². The van der Waals surface area contributed by atoms with Gasteiger partial charge >= 0.3 is 0 Å². The number of hydrogen-bond acceptors (Lipinski definition) is 4. The minimum atomic E-state index is -0.621. The lowest BCUT2D eigenvalue weighted by molar-refractivity contribution is -0.120. The van der Waals surface area contributed by atoms with Crippen molar-refractivity contribution in [2.24, 2.45) is 0 Å². The maximum atomic E-state index is 12.9. The molecule has 4 rings (SSSR count). The summed E-state index contributed by atoms with van der Waals surface area (Å²) in [6, 6.07) is 20.5. The molecule has 3 amide bonds. The first-order valence-electron chi connectivity index (χ1n) is 9.32. The number of nitrogens with zero attached hydrogens (tertiary/aromatic N) is 1. The lowest BCUT2D eigenvalue weighted by atomic mass is 10.1. The van der Waals surface area contributed by atoms with E-state index in [4.69, 9.17) is 11.6 Å². The molecule has 0 fully saturated rings. The third-order valence-electron chi connectivity index (χ3n) is 4.63. The highest BCUT2D eigenvalue weighted by Gasteiger charge is 2.38. The lowest BCUT2D eigenvalue weighted by Crippen LogP contribution is -2.32. The lowest BCUT2D eigenvalue weighted by Gasteiger charge is -2.15. The predicted molar refractivity (Wildman–Crippen MR) is 132 cm³/mol. The third-order valence-corrected chi connectivity index (χ3v) is 6.20. The van der Waals surface area contributed by atoms with Gasteiger partial charge in [0.2, 0.25) is 0 Å². The predicted octanol–water partition coefficient (Wildman–Crippen LogP) is 5.90. The van der Waals surface area contributed by atoms with Crippen LogP contribution in [0.4, 0.5) is 17.1 Å². The second kappa shape index (κ2) is 9.28. The van der Waals surface area contributed by atoms with Crippen molar-refractivity contribution < 1.29 is 14.4 Å². The first-order valence-corrected chi connectivity index (χ1v) is 11.3. The van der Waals surface area contributed by atoms with Crippen LogP contribution in [0.3, 0.4) is 0 Å². The second-order valence-electron chi connectivity index (χ2n) is 6.75. The fraction of sp³-hybridized carbons (Fsp3) is 0. The van der Waals surface area contributed by atoms with Crippen molar-refractivity contribution in [2.45, 2.75) is 0 Å². The average Bonchev–Trinajstić information content (AvgIpc) is 2.99. The van der Waals surface area contributed by atoms with Crippen molar-refractivity contribution >= 4 is 78.2 Å². The smallest absolute Gasteiger partial charge is 0.283 e. The summed E-state index contributed by atoms with van der Waals surface area (Å²) in [4.78, 5) is 39.2. The van der Waals surface area contributed by atoms with Crippen molar-refractivity contribution in [3.05, 3.63) is 98.0 Å². The van der Waals surface area contributed by atoms with Crippen LogP contribution in [0.15, 0.2) is 92.5 Å². The zero-order valence-electron chi connectivity index (χ0n) is 16.2. The van der Waals surface area contributed by atoms with Crippen LogP contribution in [-0.4, -0.2) is 17.7 Å². The molecule has 1 aliphatic heterocycles. The Kier molecular flexibility index (Phi) is 6.45. The summed E-state index contributed by atoms with van der Waals surface area (Å²) >= 11 is 12.9. The van der Waals surface area contributed by atoms with Crippen molar-refractivity contribution in [3.63, 3.8) is 0 Å². The highest BCUT2D eigenvalue weighted by Crippen LogP contribution is 2.31. The molecule has 0 spiro atoms. The van der Waals surface area contributed by atoms with E-state index in [0.29, 0.717) is 22.6 Å². The van der Waals surface area contributed by atoms with Crippen LogP contribution in [0.1, 0.15) is 10.4 Å². The summed E-state index contributed by atoms with van der Waals surface area (Å²) in [5, 5.41) is 5.49. The van der Waals surface area contributed by atoms with E-state index in [1.165, 1.54) is 0 Å². The number of hydrogen-bond donors (Lipinski definition) is 2. The summed E-state index contributed by atoms with van der Waals surface area (Å²) in [5.74, 6) is -1.53. The van der Waals surface area contributed by atoms with E-state index in [2.05, 4.69) is 42.5 Å². The Hall–Kier alpha value is -2.94. The molecule has 2 N–H and O–H groups in total. The van der Waals surface area contributed by atoms with Crippen molar-refractivity contribution in [1.29, 1.82) is 0 Å². The monoisotopic (exact) mass is 573 g/mol. The summed E-state index contributed by atoms with van der Waals surface area (Å²) in [7, 11) is 0. The second-order valence-corrected chi connectivity index (χ2v) is 8.90. The van der Waals surface area contributed by atoms with Gasteiger partial charge in [0.15, 0.2) is 0 Å². The van der Waals surface area contributed by atoms with Gasteiger partial charge in [0, 0.05) is 20.2 Å². The Morgan fingerprint density at radius 3 is 2.31 bits per heavy atom. The van der Waals surface area contributed by atoms with E-state index in [0.717, 1.165) is 13.8 Å². The molecular weight excluding hydrogens is 562 g/mol. The van der Waals surface area contributed by atoms with Gasteiger partial charge in [0.25, 0.3) is 17.7 Å². The van der Waals surface area contributed by atoms with Crippen LogP contribution >= 0.6 is 43.5 Å². The number of imide groups is 1. The molecule has 0 atom stereocenters. The molecule has 32 heavy (non-hydrogen) atoms. The largest absolute Gasteiger partial charge is 0.350 e. The molecular formula is C23H14Br2ClN3O3. The molecule has 3 aromatic carbocycles. The summed E-state index contributed by atoms with van der Waals surface area (Å²) in [6.45, 7) is 0. The molecule has 1 aliphatic rings. The normalized spacial score (nSPS) is 13.5. The topological polar surface area (TPSA) is 78.5 Å². The summed E-state index contributed by atoms with van der Waals surface area (Å²) in [6.07, 6.45) is 0. The van der Waals surface area contributed by atoms with Gasteiger partial charge < -0.3 is 10.6 Å². The van der Waals surface area contributed by atoms with E-state index >= 15 is 0 Å². The van der Waals surface area contributed by atoms with E-state index < -0.39 is 11.8 Å². The molecule has 160 valence electrons. The van der Waals surface area contributed by atoms with Crippen molar-refractivity contribution in [2.75, 3.05) is 15.5 Å². The fourth-order valence-corrected chi connectivity index (χ4v) is 3.94. The molecule has 0 aromatic heterocycles. The van der Waals surface area contributed by atoms with Gasteiger partial charge in [0.1, 0.15) is 10.7 Å². The molecule has 9 heteroatoms. The molecule has 0 saturated carbocycles. The maximum absolute atomic E-state index is 12.9. The number of carbonyl (C=O) groups excluding carboxylic acids is 3. The van der Waals surface area contributed by atoms with Crippen LogP contribution in [0.2, 0.25) is 0 Å². The molecule has 0 saturated heterocycles. The van der Waals surface area contributed by atoms with Gasteiger partial charge in [-0.1, -0.05) is 45.7 Å². The van der Waals surface area contributed by atoms with Gasteiger partial charge in [-0.2, -0.15) is 0 Å². The molecule has 0 aliphatic carbocycles. The van der Waals surface area contributed by atoms with E-state index in [-0.39, 0.29) is 16.6 Å². The Labute approximate surface area is 205 Å². The first kappa shape index (κ1) is 22.3. The third kappa shape index (κ3) is 4.48. The SMILES string of the molecule is O=C(Nc1ccccc1Br)c1cccc(NC2=C(Cl)C(=O)N(c3ccc(Br)cc3)C2=O)c1. The highest BCUT2D eigenvalue weighted by atomic mass is 79.9.